The second-order valence-electron chi connectivity index (χ2n) is 8.08. The Morgan fingerprint density at radius 2 is 1.38 bits per heavy atom. The third-order valence-corrected chi connectivity index (χ3v) is 6.70. The molecule has 0 aromatic carbocycles. The zero-order valence-electron chi connectivity index (χ0n) is 17.2. The van der Waals surface area contributed by atoms with Crippen LogP contribution in [0.15, 0.2) is 0 Å². The number of likely N-dealkylation sites (N-methyl/N-ethyl adjacent to an activating group) is 1. The molecular formula is C21H41BrNO3-. The Balaban J connectivity index is 0.000000479. The lowest BCUT2D eigenvalue weighted by atomic mass is 9.79. The summed E-state index contributed by atoms with van der Waals surface area (Å²) in [5, 5.41) is 20.0. The van der Waals surface area contributed by atoms with Crippen LogP contribution in [0.4, 0.5) is 0 Å². The van der Waals surface area contributed by atoms with Crippen LogP contribution in [0.1, 0.15) is 78.6 Å². The first-order valence-corrected chi connectivity index (χ1v) is 10.7. The molecule has 2 rings (SSSR count). The SMILES string of the molecule is CCC[N+](CC)(CC)CCO.O=C([O-])C(C1CCCC1)C1CCCC1.[Br-]. The molecule has 2 saturated carbocycles. The number of aliphatic carboxylic acids is 1. The number of carboxylic acid groups (broad SMARTS) is 1. The summed E-state index contributed by atoms with van der Waals surface area (Å²) in [6, 6.07) is 0. The largest absolute Gasteiger partial charge is 1.00 e. The molecule has 0 aromatic heterocycles. The van der Waals surface area contributed by atoms with E-state index in [-0.39, 0.29) is 22.9 Å². The fourth-order valence-electron chi connectivity index (χ4n) is 5.06. The van der Waals surface area contributed by atoms with E-state index in [9.17, 15) is 9.90 Å². The van der Waals surface area contributed by atoms with E-state index in [2.05, 4.69) is 20.8 Å². The predicted molar refractivity (Wildman–Crippen MR) is 101 cm³/mol. The van der Waals surface area contributed by atoms with Crippen molar-refractivity contribution in [2.24, 2.45) is 17.8 Å². The highest BCUT2D eigenvalue weighted by atomic mass is 79.9. The highest BCUT2D eigenvalue weighted by Crippen LogP contribution is 2.41. The minimum atomic E-state index is -0.774. The number of rotatable bonds is 9. The number of hydrogen-bond acceptors (Lipinski definition) is 3. The molecule has 0 radical (unpaired) electrons. The first-order valence-electron chi connectivity index (χ1n) is 10.7. The summed E-state index contributed by atoms with van der Waals surface area (Å²) < 4.78 is 1.08. The number of quaternary nitrogens is 1. The highest BCUT2D eigenvalue weighted by molar-refractivity contribution is 5.68. The average Bonchev–Trinajstić information content (AvgIpc) is 3.30. The van der Waals surface area contributed by atoms with Crippen LogP contribution < -0.4 is 22.1 Å². The molecular weight excluding hydrogens is 394 g/mol. The molecule has 0 spiro atoms. The predicted octanol–water partition coefficient (Wildman–Crippen LogP) is -0.0178. The van der Waals surface area contributed by atoms with Crippen LogP contribution in [0.3, 0.4) is 0 Å². The van der Waals surface area contributed by atoms with Gasteiger partial charge in [-0.05, 0) is 57.8 Å². The third kappa shape index (κ3) is 7.85. The first-order chi connectivity index (χ1) is 12.0. The maximum atomic E-state index is 11.2. The molecule has 4 nitrogen and oxygen atoms in total. The van der Waals surface area contributed by atoms with Crippen molar-refractivity contribution in [2.45, 2.75) is 78.6 Å². The van der Waals surface area contributed by atoms with Crippen molar-refractivity contribution in [1.82, 2.24) is 0 Å². The van der Waals surface area contributed by atoms with Gasteiger partial charge in [0.1, 0.15) is 6.54 Å². The van der Waals surface area contributed by atoms with Crippen LogP contribution >= 0.6 is 0 Å². The zero-order valence-corrected chi connectivity index (χ0v) is 18.8. The molecule has 26 heavy (non-hydrogen) atoms. The van der Waals surface area contributed by atoms with Gasteiger partial charge in [0.15, 0.2) is 0 Å². The van der Waals surface area contributed by atoms with Crippen molar-refractivity contribution in [3.05, 3.63) is 0 Å². The number of nitrogens with zero attached hydrogens (tertiary/aromatic N) is 1. The molecule has 0 saturated heterocycles. The molecule has 5 heteroatoms. The number of halogens is 1. The van der Waals surface area contributed by atoms with Crippen molar-refractivity contribution < 1.29 is 36.5 Å². The number of aliphatic hydroxyl groups excluding tert-OH is 1. The van der Waals surface area contributed by atoms with E-state index >= 15 is 0 Å². The van der Waals surface area contributed by atoms with Gasteiger partial charge in [-0.2, -0.15) is 0 Å². The average molecular weight is 435 g/mol. The summed E-state index contributed by atoms with van der Waals surface area (Å²) in [6.07, 6.45) is 10.6. The van der Waals surface area contributed by atoms with Gasteiger partial charge in [-0.15, -0.1) is 0 Å². The Morgan fingerprint density at radius 1 is 0.962 bits per heavy atom. The number of carbonyl (C=O) groups excluding carboxylic acids is 1. The summed E-state index contributed by atoms with van der Waals surface area (Å²) in [5.74, 6) is -0.0324. The maximum absolute atomic E-state index is 11.2. The van der Waals surface area contributed by atoms with Gasteiger partial charge in [-0.25, -0.2) is 0 Å². The zero-order chi connectivity index (χ0) is 18.7. The van der Waals surface area contributed by atoms with Crippen LogP contribution in [-0.4, -0.2) is 48.3 Å². The standard InChI is InChI=1S/C12H20O2.C9H22NO.BrH/c13-12(14)11(9-5-1-2-6-9)10-7-3-4-8-10;1-4-7-10(5-2,6-3)8-9-11;/h9-11H,1-8H2,(H,13,14);11H,4-9H2,1-3H3;1H/q;+1;/p-2. The molecule has 0 bridgehead atoms. The van der Waals surface area contributed by atoms with Crippen LogP contribution in [0.2, 0.25) is 0 Å². The van der Waals surface area contributed by atoms with E-state index in [0.29, 0.717) is 18.4 Å². The number of carbonyl (C=O) groups is 1. The van der Waals surface area contributed by atoms with Crippen LogP contribution in [0.25, 0.3) is 0 Å². The Labute approximate surface area is 171 Å². The third-order valence-electron chi connectivity index (χ3n) is 6.70. The van der Waals surface area contributed by atoms with E-state index in [1.54, 1.807) is 0 Å². The first kappa shape index (κ1) is 25.9. The molecule has 0 heterocycles. The Bertz CT molecular complexity index is 338. The van der Waals surface area contributed by atoms with Gasteiger partial charge in [0.25, 0.3) is 0 Å². The normalized spacial score (nSPS) is 18.5. The lowest BCUT2D eigenvalue weighted by Crippen LogP contribution is -3.00. The second-order valence-corrected chi connectivity index (χ2v) is 8.08. The van der Waals surface area contributed by atoms with Crippen molar-refractivity contribution in [2.75, 3.05) is 32.8 Å². The van der Waals surface area contributed by atoms with E-state index in [1.165, 1.54) is 38.6 Å². The Morgan fingerprint density at radius 3 is 1.65 bits per heavy atom. The lowest BCUT2D eigenvalue weighted by Gasteiger charge is -2.36. The molecule has 1 N–H and O–H groups in total. The monoisotopic (exact) mass is 434 g/mol. The van der Waals surface area contributed by atoms with Gasteiger partial charge >= 0.3 is 0 Å². The molecule has 0 unspecified atom stereocenters. The summed E-state index contributed by atoms with van der Waals surface area (Å²) in [4.78, 5) is 11.2. The van der Waals surface area contributed by atoms with Gasteiger partial charge in [0.05, 0.1) is 26.2 Å². The Kier molecular flexibility index (Phi) is 13.9. The maximum Gasteiger partial charge on any atom is 0.102 e. The van der Waals surface area contributed by atoms with Gasteiger partial charge in [-0.1, -0.05) is 32.6 Å². The summed E-state index contributed by atoms with van der Waals surface area (Å²) in [6.45, 7) is 11.3. The van der Waals surface area contributed by atoms with Crippen molar-refractivity contribution in [3.63, 3.8) is 0 Å². The van der Waals surface area contributed by atoms with Crippen LogP contribution in [0, 0.1) is 17.8 Å². The minimum absolute atomic E-state index is 0. The van der Waals surface area contributed by atoms with Gasteiger partial charge in [-0.3, -0.25) is 0 Å². The number of carboxylic acids is 1. The van der Waals surface area contributed by atoms with E-state index in [0.717, 1.165) is 49.8 Å². The fraction of sp³-hybridized carbons (Fsp3) is 0.952. The quantitative estimate of drug-likeness (QED) is 0.518. The van der Waals surface area contributed by atoms with Gasteiger partial charge in [0.2, 0.25) is 0 Å². The smallest absolute Gasteiger partial charge is 0.102 e. The lowest BCUT2D eigenvalue weighted by molar-refractivity contribution is -0.925. The van der Waals surface area contributed by atoms with E-state index in [1.807, 2.05) is 0 Å². The summed E-state index contributed by atoms with van der Waals surface area (Å²) >= 11 is 0. The molecule has 0 aromatic rings. The molecule has 0 atom stereocenters. The Hall–Kier alpha value is -0.130. The molecule has 2 fully saturated rings. The van der Waals surface area contributed by atoms with Gasteiger partial charge in [0, 0.05) is 11.9 Å². The fourth-order valence-corrected chi connectivity index (χ4v) is 5.06. The molecule has 0 amide bonds. The number of aliphatic hydroxyl groups is 1. The van der Waals surface area contributed by atoms with Crippen molar-refractivity contribution in [3.8, 4) is 0 Å². The molecule has 2 aliphatic carbocycles. The van der Waals surface area contributed by atoms with Crippen LogP contribution in [-0.2, 0) is 4.79 Å². The number of hydrogen-bond donors (Lipinski definition) is 1. The summed E-state index contributed by atoms with van der Waals surface area (Å²) in [7, 11) is 0. The van der Waals surface area contributed by atoms with Crippen molar-refractivity contribution in [1.29, 1.82) is 0 Å². The van der Waals surface area contributed by atoms with Gasteiger partial charge < -0.3 is 36.5 Å². The molecule has 2 aliphatic rings. The second kappa shape index (κ2) is 14.0. The van der Waals surface area contributed by atoms with Crippen molar-refractivity contribution >= 4 is 5.97 Å². The van der Waals surface area contributed by atoms with E-state index < -0.39 is 5.97 Å². The molecule has 156 valence electrons. The minimum Gasteiger partial charge on any atom is -1.00 e. The molecule has 0 aliphatic heterocycles. The highest BCUT2D eigenvalue weighted by Gasteiger charge is 2.33. The van der Waals surface area contributed by atoms with E-state index in [4.69, 9.17) is 5.11 Å². The summed E-state index contributed by atoms with van der Waals surface area (Å²) in [5.41, 5.74) is 0. The van der Waals surface area contributed by atoms with Crippen LogP contribution in [0.5, 0.6) is 0 Å². The topological polar surface area (TPSA) is 60.4 Å².